The van der Waals surface area contributed by atoms with Gasteiger partial charge in [0, 0.05) is 19.0 Å². The molecule has 0 radical (unpaired) electrons. The molecule has 1 aliphatic rings. The maximum Gasteiger partial charge on any atom is 0.251 e. The SMILES string of the molecule is Cn1c(CC(NC(=O)c2ccc3c(c2)OCO3)c2ccccc2)nc2ccccc21. The zero-order valence-electron chi connectivity index (χ0n) is 16.5. The van der Waals surface area contributed by atoms with Gasteiger partial charge in [-0.2, -0.15) is 0 Å². The average molecular weight is 399 g/mol. The van der Waals surface area contributed by atoms with E-state index in [1.54, 1.807) is 18.2 Å². The van der Waals surface area contributed by atoms with Gasteiger partial charge in [-0.25, -0.2) is 4.98 Å². The van der Waals surface area contributed by atoms with Gasteiger partial charge in [-0.1, -0.05) is 42.5 Å². The van der Waals surface area contributed by atoms with E-state index >= 15 is 0 Å². The highest BCUT2D eigenvalue weighted by Crippen LogP contribution is 2.32. The number of benzene rings is 3. The van der Waals surface area contributed by atoms with Gasteiger partial charge in [0.05, 0.1) is 17.1 Å². The van der Waals surface area contributed by atoms with Gasteiger partial charge < -0.3 is 19.4 Å². The molecule has 0 saturated heterocycles. The molecule has 0 bridgehead atoms. The summed E-state index contributed by atoms with van der Waals surface area (Å²) in [6.07, 6.45) is 0.575. The standard InChI is InChI=1S/C24H21N3O3/c1-27-20-10-6-5-9-18(20)25-23(27)14-19(16-7-3-2-4-8-16)26-24(28)17-11-12-21-22(13-17)30-15-29-21/h2-13,19H,14-15H2,1H3,(H,26,28). The summed E-state index contributed by atoms with van der Waals surface area (Å²) in [5.74, 6) is 2.00. The fraction of sp³-hybridized carbons (Fsp3) is 0.167. The first-order valence-corrected chi connectivity index (χ1v) is 9.85. The summed E-state index contributed by atoms with van der Waals surface area (Å²) < 4.78 is 12.8. The number of rotatable bonds is 5. The Morgan fingerprint density at radius 1 is 1.03 bits per heavy atom. The number of aryl methyl sites for hydroxylation is 1. The molecule has 3 aromatic carbocycles. The summed E-state index contributed by atoms with van der Waals surface area (Å²) >= 11 is 0. The molecule has 1 unspecified atom stereocenters. The largest absolute Gasteiger partial charge is 0.454 e. The van der Waals surface area contributed by atoms with Crippen LogP contribution in [0.15, 0.2) is 72.8 Å². The van der Waals surface area contributed by atoms with Gasteiger partial charge in [0.15, 0.2) is 11.5 Å². The van der Waals surface area contributed by atoms with Crippen LogP contribution in [0.4, 0.5) is 0 Å². The Hall–Kier alpha value is -3.80. The molecular weight excluding hydrogens is 378 g/mol. The quantitative estimate of drug-likeness (QED) is 0.551. The Morgan fingerprint density at radius 3 is 2.63 bits per heavy atom. The highest BCUT2D eigenvalue weighted by molar-refractivity contribution is 5.95. The number of aromatic nitrogens is 2. The zero-order chi connectivity index (χ0) is 20.5. The highest BCUT2D eigenvalue weighted by atomic mass is 16.7. The van der Waals surface area contributed by atoms with Crippen molar-refractivity contribution in [3.63, 3.8) is 0 Å². The van der Waals surface area contributed by atoms with Crippen molar-refractivity contribution in [1.29, 1.82) is 0 Å². The van der Waals surface area contributed by atoms with Crippen molar-refractivity contribution in [3.8, 4) is 11.5 Å². The Balaban J connectivity index is 1.45. The molecule has 1 N–H and O–H groups in total. The van der Waals surface area contributed by atoms with Crippen molar-refractivity contribution < 1.29 is 14.3 Å². The first kappa shape index (κ1) is 18.2. The summed E-state index contributed by atoms with van der Waals surface area (Å²) in [6, 6.07) is 23.0. The minimum absolute atomic E-state index is 0.166. The lowest BCUT2D eigenvalue weighted by molar-refractivity contribution is 0.0935. The average Bonchev–Trinajstić information content (AvgIpc) is 3.38. The van der Waals surface area contributed by atoms with Crippen molar-refractivity contribution in [3.05, 3.63) is 89.7 Å². The maximum absolute atomic E-state index is 13.0. The van der Waals surface area contributed by atoms with Crippen LogP contribution in [0.5, 0.6) is 11.5 Å². The third-order valence-corrected chi connectivity index (χ3v) is 5.41. The lowest BCUT2D eigenvalue weighted by Crippen LogP contribution is -2.30. The van der Waals surface area contributed by atoms with Crippen molar-refractivity contribution in [2.45, 2.75) is 12.5 Å². The third-order valence-electron chi connectivity index (χ3n) is 5.41. The topological polar surface area (TPSA) is 65.4 Å². The van der Waals surface area contributed by atoms with E-state index in [0.29, 0.717) is 23.5 Å². The number of imidazole rings is 1. The second kappa shape index (κ2) is 7.55. The molecule has 1 amide bonds. The molecule has 6 heteroatoms. The normalized spacial score (nSPS) is 13.4. The van der Waals surface area contributed by atoms with Gasteiger partial charge in [0.25, 0.3) is 5.91 Å². The number of carbonyl (C=O) groups excluding carboxylic acids is 1. The van der Waals surface area contributed by atoms with Gasteiger partial charge in [-0.3, -0.25) is 4.79 Å². The summed E-state index contributed by atoms with van der Waals surface area (Å²) in [5, 5.41) is 3.17. The second-order valence-corrected chi connectivity index (χ2v) is 7.28. The van der Waals surface area contributed by atoms with E-state index in [4.69, 9.17) is 14.5 Å². The minimum atomic E-state index is -0.223. The van der Waals surface area contributed by atoms with Crippen LogP contribution in [0.2, 0.25) is 0 Å². The number of hydrogen-bond acceptors (Lipinski definition) is 4. The van der Waals surface area contributed by atoms with Gasteiger partial charge in [0.1, 0.15) is 5.82 Å². The van der Waals surface area contributed by atoms with Crippen molar-refractivity contribution in [2.24, 2.45) is 7.05 Å². The molecule has 4 aromatic rings. The Bertz CT molecular complexity index is 1220. The van der Waals surface area contributed by atoms with Crippen molar-refractivity contribution in [1.82, 2.24) is 14.9 Å². The number of ether oxygens (including phenoxy) is 2. The van der Waals surface area contributed by atoms with E-state index in [-0.39, 0.29) is 18.7 Å². The fourth-order valence-electron chi connectivity index (χ4n) is 3.78. The predicted octanol–water partition coefficient (Wildman–Crippen LogP) is 4.02. The smallest absolute Gasteiger partial charge is 0.251 e. The van der Waals surface area contributed by atoms with Crippen LogP contribution >= 0.6 is 0 Å². The van der Waals surface area contributed by atoms with Crippen LogP contribution in [-0.4, -0.2) is 22.3 Å². The lowest BCUT2D eigenvalue weighted by atomic mass is 10.0. The first-order chi connectivity index (χ1) is 14.7. The third kappa shape index (κ3) is 3.37. The molecule has 0 fully saturated rings. The molecule has 1 atom stereocenters. The number of fused-ring (bicyclic) bond motifs is 2. The number of nitrogens with zero attached hydrogens (tertiary/aromatic N) is 2. The summed E-state index contributed by atoms with van der Waals surface area (Å²) in [7, 11) is 2.01. The van der Waals surface area contributed by atoms with Crippen LogP contribution < -0.4 is 14.8 Å². The molecule has 0 aliphatic carbocycles. The van der Waals surface area contributed by atoms with E-state index < -0.39 is 0 Å². The highest BCUT2D eigenvalue weighted by Gasteiger charge is 2.21. The van der Waals surface area contributed by atoms with Gasteiger partial charge in [-0.05, 0) is 35.9 Å². The van der Waals surface area contributed by atoms with E-state index in [9.17, 15) is 4.79 Å². The number of carbonyl (C=O) groups is 1. The van der Waals surface area contributed by atoms with Crippen LogP contribution in [-0.2, 0) is 13.5 Å². The van der Waals surface area contributed by atoms with E-state index in [1.165, 1.54) is 0 Å². The summed E-state index contributed by atoms with van der Waals surface area (Å²) in [5.41, 5.74) is 3.58. The van der Waals surface area contributed by atoms with Crippen LogP contribution in [0.3, 0.4) is 0 Å². The second-order valence-electron chi connectivity index (χ2n) is 7.28. The van der Waals surface area contributed by atoms with Gasteiger partial charge in [-0.15, -0.1) is 0 Å². The molecule has 0 spiro atoms. The Kier molecular flexibility index (Phi) is 4.59. The van der Waals surface area contributed by atoms with Gasteiger partial charge in [0.2, 0.25) is 6.79 Å². The Labute approximate surface area is 174 Å². The van der Waals surface area contributed by atoms with Crippen LogP contribution in [0.25, 0.3) is 11.0 Å². The first-order valence-electron chi connectivity index (χ1n) is 9.85. The molecular formula is C24H21N3O3. The fourth-order valence-corrected chi connectivity index (χ4v) is 3.78. The van der Waals surface area contributed by atoms with E-state index in [0.717, 1.165) is 22.4 Å². The number of nitrogens with one attached hydrogen (secondary N) is 1. The lowest BCUT2D eigenvalue weighted by Gasteiger charge is -2.19. The molecule has 30 heavy (non-hydrogen) atoms. The Morgan fingerprint density at radius 2 is 1.80 bits per heavy atom. The predicted molar refractivity (Wildman–Crippen MR) is 114 cm³/mol. The van der Waals surface area contributed by atoms with Crippen LogP contribution in [0.1, 0.15) is 27.8 Å². The molecule has 150 valence electrons. The van der Waals surface area contributed by atoms with Crippen molar-refractivity contribution >= 4 is 16.9 Å². The summed E-state index contributed by atoms with van der Waals surface area (Å²) in [6.45, 7) is 0.180. The van der Waals surface area contributed by atoms with E-state index in [2.05, 4.69) is 16.0 Å². The number of hydrogen-bond donors (Lipinski definition) is 1. The van der Waals surface area contributed by atoms with Crippen molar-refractivity contribution in [2.75, 3.05) is 6.79 Å². The monoisotopic (exact) mass is 399 g/mol. The molecule has 1 aromatic heterocycles. The molecule has 1 aliphatic heterocycles. The number of para-hydroxylation sites is 2. The molecule has 5 rings (SSSR count). The van der Waals surface area contributed by atoms with Crippen LogP contribution in [0, 0.1) is 0 Å². The summed E-state index contributed by atoms with van der Waals surface area (Å²) in [4.78, 5) is 17.8. The molecule has 2 heterocycles. The number of amides is 1. The zero-order valence-corrected chi connectivity index (χ0v) is 16.5. The molecule has 6 nitrogen and oxygen atoms in total. The molecule has 0 saturated carbocycles. The minimum Gasteiger partial charge on any atom is -0.454 e. The van der Waals surface area contributed by atoms with Gasteiger partial charge >= 0.3 is 0 Å². The maximum atomic E-state index is 13.0. The van der Waals surface area contributed by atoms with E-state index in [1.807, 2.05) is 55.6 Å².